The number of ether oxygens (including phenoxy) is 2. The van der Waals surface area contributed by atoms with Crippen LogP contribution in [-0.2, 0) is 0 Å². The van der Waals surface area contributed by atoms with E-state index in [0.717, 1.165) is 21.9 Å². The zero-order chi connectivity index (χ0) is 18.6. The third kappa shape index (κ3) is 3.22. The van der Waals surface area contributed by atoms with E-state index in [9.17, 15) is 4.79 Å². The van der Waals surface area contributed by atoms with Crippen LogP contribution in [0.3, 0.4) is 0 Å². The van der Waals surface area contributed by atoms with Crippen molar-refractivity contribution in [2.24, 2.45) is 0 Å². The molecule has 2 aromatic carbocycles. The van der Waals surface area contributed by atoms with Crippen LogP contribution in [0.2, 0.25) is 0 Å². The van der Waals surface area contributed by atoms with Gasteiger partial charge in [0, 0.05) is 40.5 Å². The number of rotatable bonds is 4. The molecule has 4 rings (SSSR count). The Balaban J connectivity index is 1.89. The molecule has 2 heterocycles. The normalized spacial score (nSPS) is 10.6. The predicted molar refractivity (Wildman–Crippen MR) is 103 cm³/mol. The highest BCUT2D eigenvalue weighted by molar-refractivity contribution is 6.04. The zero-order valence-electron chi connectivity index (χ0n) is 14.6. The van der Waals surface area contributed by atoms with Crippen molar-refractivity contribution in [2.45, 2.75) is 0 Å². The molecule has 0 saturated heterocycles. The van der Waals surface area contributed by atoms with Crippen LogP contribution in [0.15, 0.2) is 79.3 Å². The molecule has 4 aromatic rings. The molecule has 2 aromatic heterocycles. The van der Waals surface area contributed by atoms with Crippen molar-refractivity contribution in [1.82, 2.24) is 9.97 Å². The first-order chi connectivity index (χ1) is 13.3. The zero-order valence-corrected chi connectivity index (χ0v) is 14.6. The van der Waals surface area contributed by atoms with Gasteiger partial charge in [-0.2, -0.15) is 0 Å². The van der Waals surface area contributed by atoms with Gasteiger partial charge in [0.05, 0.1) is 12.7 Å². The molecule has 0 aliphatic heterocycles. The Bertz CT molecular complexity index is 1100. The van der Waals surface area contributed by atoms with Crippen LogP contribution < -0.4 is 9.47 Å². The second-order valence-corrected chi connectivity index (χ2v) is 5.86. The average molecular weight is 356 g/mol. The van der Waals surface area contributed by atoms with Gasteiger partial charge in [0.2, 0.25) is 5.88 Å². The van der Waals surface area contributed by atoms with Gasteiger partial charge in [-0.05, 0) is 30.3 Å². The highest BCUT2D eigenvalue weighted by Crippen LogP contribution is 2.38. The summed E-state index contributed by atoms with van der Waals surface area (Å²) in [6.07, 6.45) is 5.16. The number of hydrogen-bond acceptors (Lipinski definition) is 5. The van der Waals surface area contributed by atoms with Crippen molar-refractivity contribution in [3.05, 3.63) is 84.8 Å². The molecular weight excluding hydrogens is 340 g/mol. The molecule has 0 aliphatic rings. The van der Waals surface area contributed by atoms with Gasteiger partial charge >= 0.3 is 5.97 Å². The SMILES string of the molecule is COc1ncc(-c2cccnc2)c2c(OC(=O)c3ccccc3)cccc12. The smallest absolute Gasteiger partial charge is 0.343 e. The first kappa shape index (κ1) is 16.7. The fraction of sp³-hybridized carbons (Fsp3) is 0.0455. The van der Waals surface area contributed by atoms with Gasteiger partial charge in [-0.1, -0.05) is 30.3 Å². The van der Waals surface area contributed by atoms with E-state index >= 15 is 0 Å². The number of esters is 1. The lowest BCUT2D eigenvalue weighted by Gasteiger charge is -2.13. The molecule has 0 spiro atoms. The standard InChI is InChI=1S/C22H16N2O3/c1-26-21-17-10-5-11-19(27-22(25)15-7-3-2-4-8-15)20(17)18(14-24-21)16-9-6-12-23-13-16/h2-14H,1H3. The van der Waals surface area contributed by atoms with E-state index in [1.807, 2.05) is 30.3 Å². The van der Waals surface area contributed by atoms with Crippen molar-refractivity contribution in [1.29, 1.82) is 0 Å². The minimum Gasteiger partial charge on any atom is -0.481 e. The van der Waals surface area contributed by atoms with Crippen LogP contribution in [-0.4, -0.2) is 23.0 Å². The molecule has 5 nitrogen and oxygen atoms in total. The summed E-state index contributed by atoms with van der Waals surface area (Å²) in [6.45, 7) is 0. The van der Waals surface area contributed by atoms with Crippen LogP contribution in [0.5, 0.6) is 11.6 Å². The van der Waals surface area contributed by atoms with Crippen molar-refractivity contribution < 1.29 is 14.3 Å². The quantitative estimate of drug-likeness (QED) is 0.397. The van der Waals surface area contributed by atoms with E-state index in [1.54, 1.807) is 56.0 Å². The van der Waals surface area contributed by atoms with Gasteiger partial charge in [0.25, 0.3) is 0 Å². The van der Waals surface area contributed by atoms with E-state index in [4.69, 9.17) is 9.47 Å². The summed E-state index contributed by atoms with van der Waals surface area (Å²) < 4.78 is 11.1. The summed E-state index contributed by atoms with van der Waals surface area (Å²) >= 11 is 0. The van der Waals surface area contributed by atoms with Crippen LogP contribution in [0, 0.1) is 0 Å². The lowest BCUT2D eigenvalue weighted by atomic mass is 10.0. The molecule has 0 amide bonds. The minimum absolute atomic E-state index is 0.420. The van der Waals surface area contributed by atoms with E-state index in [2.05, 4.69) is 9.97 Å². The number of methoxy groups -OCH3 is 1. The maximum Gasteiger partial charge on any atom is 0.343 e. The van der Waals surface area contributed by atoms with Crippen molar-refractivity contribution in [2.75, 3.05) is 7.11 Å². The second-order valence-electron chi connectivity index (χ2n) is 5.86. The number of benzene rings is 2. The number of carbonyl (C=O) groups excluding carboxylic acids is 1. The van der Waals surface area contributed by atoms with Gasteiger partial charge in [-0.15, -0.1) is 0 Å². The van der Waals surface area contributed by atoms with Crippen molar-refractivity contribution in [3.63, 3.8) is 0 Å². The van der Waals surface area contributed by atoms with Gasteiger partial charge in [0.15, 0.2) is 0 Å². The molecule has 0 radical (unpaired) electrons. The lowest BCUT2D eigenvalue weighted by molar-refractivity contribution is 0.0737. The Morgan fingerprint density at radius 2 is 1.78 bits per heavy atom. The van der Waals surface area contributed by atoms with E-state index in [1.165, 1.54) is 0 Å². The summed E-state index contributed by atoms with van der Waals surface area (Å²) in [6, 6.07) is 18.1. The molecular formula is C22H16N2O3. The first-order valence-electron chi connectivity index (χ1n) is 8.41. The Kier molecular flexibility index (Phi) is 4.49. The highest BCUT2D eigenvalue weighted by atomic mass is 16.5. The fourth-order valence-corrected chi connectivity index (χ4v) is 2.97. The minimum atomic E-state index is -0.420. The predicted octanol–water partition coefficient (Wildman–Crippen LogP) is 4.52. The number of nitrogens with zero attached hydrogens (tertiary/aromatic N) is 2. The summed E-state index contributed by atoms with van der Waals surface area (Å²) in [7, 11) is 1.56. The maximum atomic E-state index is 12.6. The average Bonchev–Trinajstić information content (AvgIpc) is 2.74. The lowest BCUT2D eigenvalue weighted by Crippen LogP contribution is -2.08. The number of hydrogen-bond donors (Lipinski definition) is 0. The molecule has 0 aliphatic carbocycles. The summed E-state index contributed by atoms with van der Waals surface area (Å²) in [5.74, 6) is 0.493. The van der Waals surface area contributed by atoms with E-state index in [-0.39, 0.29) is 0 Å². The maximum absolute atomic E-state index is 12.6. The number of fused-ring (bicyclic) bond motifs is 1. The molecule has 0 atom stereocenters. The Morgan fingerprint density at radius 1 is 0.926 bits per heavy atom. The molecule has 0 fully saturated rings. The van der Waals surface area contributed by atoms with Gasteiger partial charge < -0.3 is 9.47 Å². The fourth-order valence-electron chi connectivity index (χ4n) is 2.97. The molecule has 0 bridgehead atoms. The van der Waals surface area contributed by atoms with Crippen LogP contribution >= 0.6 is 0 Å². The topological polar surface area (TPSA) is 61.3 Å². The summed E-state index contributed by atoms with van der Waals surface area (Å²) in [5, 5.41) is 1.51. The second kappa shape index (κ2) is 7.25. The van der Waals surface area contributed by atoms with Crippen LogP contribution in [0.25, 0.3) is 21.9 Å². The monoisotopic (exact) mass is 356 g/mol. The molecule has 0 unspecified atom stereocenters. The van der Waals surface area contributed by atoms with E-state index < -0.39 is 5.97 Å². The largest absolute Gasteiger partial charge is 0.481 e. The molecule has 5 heteroatoms. The molecule has 132 valence electrons. The number of carbonyl (C=O) groups is 1. The number of aromatic nitrogens is 2. The van der Waals surface area contributed by atoms with E-state index in [0.29, 0.717) is 17.2 Å². The van der Waals surface area contributed by atoms with Crippen LogP contribution in [0.1, 0.15) is 10.4 Å². The third-order valence-corrected chi connectivity index (χ3v) is 4.21. The molecule has 0 saturated carbocycles. The molecule has 0 N–H and O–H groups in total. The van der Waals surface area contributed by atoms with Gasteiger partial charge in [-0.25, -0.2) is 9.78 Å². The first-order valence-corrected chi connectivity index (χ1v) is 8.41. The van der Waals surface area contributed by atoms with Crippen molar-refractivity contribution in [3.8, 4) is 22.8 Å². The third-order valence-electron chi connectivity index (χ3n) is 4.21. The highest BCUT2D eigenvalue weighted by Gasteiger charge is 2.17. The van der Waals surface area contributed by atoms with Crippen molar-refractivity contribution >= 4 is 16.7 Å². The Labute approximate surface area is 156 Å². The molecule has 27 heavy (non-hydrogen) atoms. The van der Waals surface area contributed by atoms with Gasteiger partial charge in [0.1, 0.15) is 5.75 Å². The summed E-state index contributed by atoms with van der Waals surface area (Å²) in [4.78, 5) is 21.2. The van der Waals surface area contributed by atoms with Crippen LogP contribution in [0.4, 0.5) is 0 Å². The van der Waals surface area contributed by atoms with Gasteiger partial charge in [-0.3, -0.25) is 4.98 Å². The Morgan fingerprint density at radius 3 is 2.52 bits per heavy atom. The summed E-state index contributed by atoms with van der Waals surface area (Å²) in [5.41, 5.74) is 2.18. The number of pyridine rings is 2. The Hall–Kier alpha value is -3.73.